The molecule has 0 bridgehead atoms. The summed E-state index contributed by atoms with van der Waals surface area (Å²) in [7, 11) is 1.68. The molecule has 0 saturated heterocycles. The lowest BCUT2D eigenvalue weighted by Crippen LogP contribution is -2.24. The lowest BCUT2D eigenvalue weighted by atomic mass is 10.4. The quantitative estimate of drug-likeness (QED) is 0.562. The minimum Gasteiger partial charge on any atom is -0.385 e. The molecule has 0 aliphatic carbocycles. The molecule has 0 unspecified atom stereocenters. The molecule has 0 atom stereocenters. The number of thioether (sulfide) groups is 1. The Hall–Kier alpha value is -1.38. The van der Waals surface area contributed by atoms with Gasteiger partial charge in [0.2, 0.25) is 5.91 Å². The number of ether oxygens (including phenoxy) is 1. The molecular formula is C13H18N4O2S2. The second-order valence-electron chi connectivity index (χ2n) is 4.30. The average Bonchev–Trinajstić information content (AvgIpc) is 3.15. The van der Waals surface area contributed by atoms with E-state index in [1.807, 2.05) is 22.1 Å². The van der Waals surface area contributed by atoms with Crippen LogP contribution in [0.4, 0.5) is 0 Å². The molecule has 21 heavy (non-hydrogen) atoms. The van der Waals surface area contributed by atoms with Crippen LogP contribution in [0.3, 0.4) is 0 Å². The van der Waals surface area contributed by atoms with Crippen LogP contribution < -0.4 is 5.32 Å². The van der Waals surface area contributed by atoms with E-state index in [0.717, 1.165) is 23.0 Å². The van der Waals surface area contributed by atoms with Gasteiger partial charge in [-0.1, -0.05) is 17.8 Å². The Morgan fingerprint density at radius 1 is 1.57 bits per heavy atom. The number of aromatic nitrogens is 3. The zero-order valence-electron chi connectivity index (χ0n) is 11.8. The first-order valence-electron chi connectivity index (χ1n) is 6.58. The van der Waals surface area contributed by atoms with Gasteiger partial charge in [0, 0.05) is 25.1 Å². The Balaban J connectivity index is 1.72. The number of hydrogen-bond donors (Lipinski definition) is 1. The van der Waals surface area contributed by atoms with Crippen molar-refractivity contribution in [2.45, 2.75) is 24.7 Å². The number of hydrogen-bond acceptors (Lipinski definition) is 6. The Morgan fingerprint density at radius 3 is 3.24 bits per heavy atom. The summed E-state index contributed by atoms with van der Waals surface area (Å²) in [4.78, 5) is 12.9. The summed E-state index contributed by atoms with van der Waals surface area (Å²) in [5, 5.41) is 13.6. The van der Waals surface area contributed by atoms with Crippen molar-refractivity contribution in [3.63, 3.8) is 0 Å². The summed E-state index contributed by atoms with van der Waals surface area (Å²) in [6.07, 6.45) is 2.58. The summed E-state index contributed by atoms with van der Waals surface area (Å²) >= 11 is 3.03. The molecule has 2 aromatic heterocycles. The fraction of sp³-hybridized carbons (Fsp3) is 0.462. The van der Waals surface area contributed by atoms with E-state index < -0.39 is 0 Å². The first kappa shape index (κ1) is 16.0. The zero-order chi connectivity index (χ0) is 14.9. The van der Waals surface area contributed by atoms with Gasteiger partial charge < -0.3 is 14.6 Å². The van der Waals surface area contributed by atoms with Gasteiger partial charge in [-0.05, 0) is 17.9 Å². The van der Waals surface area contributed by atoms with Crippen molar-refractivity contribution >= 4 is 29.0 Å². The van der Waals surface area contributed by atoms with E-state index in [1.165, 1.54) is 11.8 Å². The molecule has 0 radical (unpaired) electrons. The molecule has 0 aliphatic rings. The molecule has 114 valence electrons. The number of rotatable bonds is 9. The van der Waals surface area contributed by atoms with Crippen LogP contribution in [0.15, 0.2) is 29.0 Å². The van der Waals surface area contributed by atoms with Crippen molar-refractivity contribution in [1.82, 2.24) is 20.1 Å². The maximum Gasteiger partial charge on any atom is 0.230 e. The van der Waals surface area contributed by atoms with E-state index in [2.05, 4.69) is 15.5 Å². The standard InChI is InChI=1S/C13H18N4O2S2/c1-19-6-3-5-17-10-15-16-13(17)21-9-12(18)14-8-11-4-2-7-20-11/h2,4,7,10H,3,5-6,8-9H2,1H3,(H,14,18). The fourth-order valence-electron chi connectivity index (χ4n) is 1.67. The van der Waals surface area contributed by atoms with Crippen LogP contribution in [0.2, 0.25) is 0 Å². The van der Waals surface area contributed by atoms with Crippen LogP contribution in [0.25, 0.3) is 0 Å². The molecule has 1 N–H and O–H groups in total. The predicted octanol–water partition coefficient (Wildman–Crippen LogP) is 1.78. The SMILES string of the molecule is COCCCn1cnnc1SCC(=O)NCc1cccs1. The van der Waals surface area contributed by atoms with Crippen LogP contribution in [-0.2, 0) is 22.6 Å². The van der Waals surface area contributed by atoms with Crippen LogP contribution in [-0.4, -0.2) is 40.1 Å². The number of methoxy groups -OCH3 is 1. The second kappa shape index (κ2) is 8.81. The number of aryl methyl sites for hydroxylation is 1. The zero-order valence-corrected chi connectivity index (χ0v) is 13.5. The number of carbonyl (C=O) groups excluding carboxylic acids is 1. The summed E-state index contributed by atoms with van der Waals surface area (Å²) in [6.45, 7) is 2.07. The maximum absolute atomic E-state index is 11.8. The molecular weight excluding hydrogens is 308 g/mol. The third-order valence-corrected chi connectivity index (χ3v) is 4.56. The highest BCUT2D eigenvalue weighted by atomic mass is 32.2. The highest BCUT2D eigenvalue weighted by molar-refractivity contribution is 7.99. The molecule has 2 heterocycles. The molecule has 6 nitrogen and oxygen atoms in total. The predicted molar refractivity (Wildman–Crippen MR) is 83.4 cm³/mol. The monoisotopic (exact) mass is 326 g/mol. The van der Waals surface area contributed by atoms with E-state index >= 15 is 0 Å². The largest absolute Gasteiger partial charge is 0.385 e. The Bertz CT molecular complexity index is 542. The van der Waals surface area contributed by atoms with Crippen molar-refractivity contribution in [2.75, 3.05) is 19.5 Å². The molecule has 1 amide bonds. The van der Waals surface area contributed by atoms with Crippen molar-refractivity contribution in [2.24, 2.45) is 0 Å². The normalized spacial score (nSPS) is 10.7. The molecule has 0 fully saturated rings. The van der Waals surface area contributed by atoms with E-state index in [1.54, 1.807) is 24.8 Å². The average molecular weight is 326 g/mol. The molecule has 8 heteroatoms. The van der Waals surface area contributed by atoms with Crippen molar-refractivity contribution in [1.29, 1.82) is 0 Å². The molecule has 0 spiro atoms. The van der Waals surface area contributed by atoms with E-state index in [9.17, 15) is 4.79 Å². The molecule has 0 aliphatic heterocycles. The first-order chi connectivity index (χ1) is 10.3. The molecule has 2 aromatic rings. The van der Waals surface area contributed by atoms with Gasteiger partial charge in [0.1, 0.15) is 6.33 Å². The van der Waals surface area contributed by atoms with E-state index in [0.29, 0.717) is 18.9 Å². The second-order valence-corrected chi connectivity index (χ2v) is 6.27. The highest BCUT2D eigenvalue weighted by Gasteiger charge is 2.08. The molecule has 2 rings (SSSR count). The number of thiophene rings is 1. The van der Waals surface area contributed by atoms with Gasteiger partial charge in [0.25, 0.3) is 0 Å². The van der Waals surface area contributed by atoms with Crippen LogP contribution in [0, 0.1) is 0 Å². The van der Waals surface area contributed by atoms with Crippen molar-refractivity contribution < 1.29 is 9.53 Å². The van der Waals surface area contributed by atoms with Crippen LogP contribution >= 0.6 is 23.1 Å². The van der Waals surface area contributed by atoms with Gasteiger partial charge in [-0.15, -0.1) is 21.5 Å². The Kier molecular flexibility index (Phi) is 6.71. The maximum atomic E-state index is 11.8. The Morgan fingerprint density at radius 2 is 2.48 bits per heavy atom. The fourth-order valence-corrected chi connectivity index (χ4v) is 3.08. The summed E-state index contributed by atoms with van der Waals surface area (Å²) in [5.41, 5.74) is 0. The van der Waals surface area contributed by atoms with Gasteiger partial charge in [-0.25, -0.2) is 0 Å². The minimum atomic E-state index is -0.000147. The number of nitrogens with one attached hydrogen (secondary N) is 1. The third kappa shape index (κ3) is 5.49. The number of carbonyl (C=O) groups is 1. The van der Waals surface area contributed by atoms with Crippen molar-refractivity contribution in [3.8, 4) is 0 Å². The van der Waals surface area contributed by atoms with E-state index in [4.69, 9.17) is 4.74 Å². The van der Waals surface area contributed by atoms with Gasteiger partial charge in [0.05, 0.1) is 12.3 Å². The third-order valence-electron chi connectivity index (χ3n) is 2.70. The smallest absolute Gasteiger partial charge is 0.230 e. The minimum absolute atomic E-state index is 0.000147. The first-order valence-corrected chi connectivity index (χ1v) is 8.44. The van der Waals surface area contributed by atoms with Gasteiger partial charge >= 0.3 is 0 Å². The summed E-state index contributed by atoms with van der Waals surface area (Å²) in [5.74, 6) is 0.341. The van der Waals surface area contributed by atoms with Crippen LogP contribution in [0.5, 0.6) is 0 Å². The highest BCUT2D eigenvalue weighted by Crippen LogP contribution is 2.15. The lowest BCUT2D eigenvalue weighted by Gasteiger charge is -2.06. The Labute approximate surface area is 131 Å². The number of nitrogens with zero attached hydrogens (tertiary/aromatic N) is 3. The topological polar surface area (TPSA) is 69.0 Å². The molecule has 0 aromatic carbocycles. The van der Waals surface area contributed by atoms with Gasteiger partial charge in [0.15, 0.2) is 5.16 Å². The van der Waals surface area contributed by atoms with E-state index in [-0.39, 0.29) is 5.91 Å². The van der Waals surface area contributed by atoms with Gasteiger partial charge in [-0.3, -0.25) is 4.79 Å². The lowest BCUT2D eigenvalue weighted by molar-refractivity contribution is -0.118. The van der Waals surface area contributed by atoms with Crippen LogP contribution in [0.1, 0.15) is 11.3 Å². The number of amides is 1. The summed E-state index contributed by atoms with van der Waals surface area (Å²) in [6, 6.07) is 3.98. The van der Waals surface area contributed by atoms with Gasteiger partial charge in [-0.2, -0.15) is 0 Å². The molecule has 0 saturated carbocycles. The van der Waals surface area contributed by atoms with Crippen molar-refractivity contribution in [3.05, 3.63) is 28.7 Å². The summed E-state index contributed by atoms with van der Waals surface area (Å²) < 4.78 is 6.96.